The zero-order valence-corrected chi connectivity index (χ0v) is 11.8. The van der Waals surface area contributed by atoms with Gasteiger partial charge in [-0.2, -0.15) is 10.5 Å². The minimum Gasteiger partial charge on any atom is -0.301 e. The fourth-order valence-corrected chi connectivity index (χ4v) is 2.56. The monoisotopic (exact) mass is 268 g/mol. The summed E-state index contributed by atoms with van der Waals surface area (Å²) in [7, 11) is 0. The molecule has 0 aromatic heterocycles. The summed E-state index contributed by atoms with van der Waals surface area (Å²) in [5, 5.41) is 17.4. The molecule has 0 bridgehead atoms. The Labute approximate surface area is 120 Å². The van der Waals surface area contributed by atoms with Crippen molar-refractivity contribution in [1.82, 2.24) is 9.80 Å². The van der Waals surface area contributed by atoms with E-state index >= 15 is 0 Å². The Hall–Kier alpha value is -1.88. The van der Waals surface area contributed by atoms with Gasteiger partial charge in [0.25, 0.3) is 0 Å². The van der Waals surface area contributed by atoms with Gasteiger partial charge in [0.05, 0.1) is 17.7 Å². The standard InChI is InChI=1S/C16H20N4/c17-7-1-8-19-9-2-10-20(12-11-19)14-16-5-3-15(13-18)4-6-16/h3-6H,1-2,8-12,14H2. The summed E-state index contributed by atoms with van der Waals surface area (Å²) >= 11 is 0. The lowest BCUT2D eigenvalue weighted by molar-refractivity contribution is 0.254. The van der Waals surface area contributed by atoms with E-state index < -0.39 is 0 Å². The molecule has 0 aliphatic carbocycles. The van der Waals surface area contributed by atoms with Gasteiger partial charge in [0.15, 0.2) is 0 Å². The minimum absolute atomic E-state index is 0.621. The molecule has 2 rings (SSSR count). The van der Waals surface area contributed by atoms with Crippen LogP contribution in [0.4, 0.5) is 0 Å². The molecule has 0 atom stereocenters. The van der Waals surface area contributed by atoms with Crippen LogP contribution in [0.1, 0.15) is 24.0 Å². The van der Waals surface area contributed by atoms with Crippen LogP contribution in [-0.4, -0.2) is 42.5 Å². The molecular formula is C16H20N4. The summed E-state index contributed by atoms with van der Waals surface area (Å²) in [6, 6.07) is 12.2. The van der Waals surface area contributed by atoms with Crippen LogP contribution < -0.4 is 0 Å². The van der Waals surface area contributed by atoms with Gasteiger partial charge in [-0.25, -0.2) is 0 Å². The first kappa shape index (κ1) is 14.5. The van der Waals surface area contributed by atoms with Crippen LogP contribution in [-0.2, 0) is 6.54 Å². The van der Waals surface area contributed by atoms with Gasteiger partial charge in [0, 0.05) is 32.6 Å². The van der Waals surface area contributed by atoms with Gasteiger partial charge in [-0.15, -0.1) is 0 Å². The first-order valence-corrected chi connectivity index (χ1v) is 7.12. The number of hydrogen-bond donors (Lipinski definition) is 0. The lowest BCUT2D eigenvalue weighted by Gasteiger charge is -2.21. The van der Waals surface area contributed by atoms with Gasteiger partial charge in [-0.05, 0) is 37.2 Å². The Morgan fingerprint density at radius 3 is 2.35 bits per heavy atom. The van der Waals surface area contributed by atoms with Gasteiger partial charge < -0.3 is 4.90 Å². The lowest BCUT2D eigenvalue weighted by Crippen LogP contribution is -2.31. The van der Waals surface area contributed by atoms with Crippen molar-refractivity contribution in [3.05, 3.63) is 35.4 Å². The van der Waals surface area contributed by atoms with E-state index in [9.17, 15) is 0 Å². The first-order valence-electron chi connectivity index (χ1n) is 7.12. The topological polar surface area (TPSA) is 54.1 Å². The van der Waals surface area contributed by atoms with Gasteiger partial charge in [0.2, 0.25) is 0 Å². The predicted molar refractivity (Wildman–Crippen MR) is 77.7 cm³/mol. The van der Waals surface area contributed by atoms with Crippen molar-refractivity contribution in [2.45, 2.75) is 19.4 Å². The van der Waals surface area contributed by atoms with Crippen molar-refractivity contribution in [3.8, 4) is 12.1 Å². The number of benzene rings is 1. The molecule has 0 saturated carbocycles. The van der Waals surface area contributed by atoms with E-state index in [1.165, 1.54) is 5.56 Å². The second-order valence-electron chi connectivity index (χ2n) is 5.19. The SMILES string of the molecule is N#CCCN1CCCN(Cc2ccc(C#N)cc2)CC1. The van der Waals surface area contributed by atoms with Gasteiger partial charge in [-0.3, -0.25) is 4.90 Å². The smallest absolute Gasteiger partial charge is 0.0991 e. The van der Waals surface area contributed by atoms with Crippen LogP contribution in [0, 0.1) is 22.7 Å². The van der Waals surface area contributed by atoms with E-state index in [0.717, 1.165) is 45.7 Å². The van der Waals surface area contributed by atoms with E-state index in [1.54, 1.807) is 0 Å². The number of nitrogens with zero attached hydrogens (tertiary/aromatic N) is 4. The van der Waals surface area contributed by atoms with Crippen molar-refractivity contribution in [3.63, 3.8) is 0 Å². The molecule has 1 aromatic rings. The molecule has 1 fully saturated rings. The van der Waals surface area contributed by atoms with Crippen molar-refractivity contribution >= 4 is 0 Å². The van der Waals surface area contributed by atoms with Crippen LogP contribution >= 0.6 is 0 Å². The Balaban J connectivity index is 1.84. The quantitative estimate of drug-likeness (QED) is 0.838. The molecule has 0 spiro atoms. The van der Waals surface area contributed by atoms with Crippen LogP contribution in [0.5, 0.6) is 0 Å². The van der Waals surface area contributed by atoms with Crippen molar-refractivity contribution in [1.29, 1.82) is 10.5 Å². The number of rotatable bonds is 4. The Morgan fingerprint density at radius 2 is 1.65 bits per heavy atom. The normalized spacial score (nSPS) is 17.1. The molecular weight excluding hydrogens is 248 g/mol. The minimum atomic E-state index is 0.621. The Bertz CT molecular complexity index is 495. The molecule has 1 saturated heterocycles. The molecule has 0 radical (unpaired) electrons. The zero-order valence-electron chi connectivity index (χ0n) is 11.8. The van der Waals surface area contributed by atoms with E-state index in [-0.39, 0.29) is 0 Å². The zero-order chi connectivity index (χ0) is 14.2. The molecule has 0 amide bonds. The Morgan fingerprint density at radius 1 is 0.950 bits per heavy atom. The van der Waals surface area contributed by atoms with Crippen LogP contribution in [0.15, 0.2) is 24.3 Å². The highest BCUT2D eigenvalue weighted by Gasteiger charge is 2.14. The summed E-state index contributed by atoms with van der Waals surface area (Å²) in [4.78, 5) is 4.83. The van der Waals surface area contributed by atoms with Crippen molar-refractivity contribution in [2.24, 2.45) is 0 Å². The predicted octanol–water partition coefficient (Wildman–Crippen LogP) is 1.98. The summed E-state index contributed by atoms with van der Waals surface area (Å²) in [5.41, 5.74) is 1.97. The summed E-state index contributed by atoms with van der Waals surface area (Å²) in [5.74, 6) is 0. The maximum Gasteiger partial charge on any atom is 0.0991 e. The highest BCUT2D eigenvalue weighted by atomic mass is 15.2. The highest BCUT2D eigenvalue weighted by Crippen LogP contribution is 2.10. The molecule has 0 N–H and O–H groups in total. The van der Waals surface area contributed by atoms with E-state index in [4.69, 9.17) is 10.5 Å². The molecule has 4 heteroatoms. The molecule has 20 heavy (non-hydrogen) atoms. The summed E-state index contributed by atoms with van der Waals surface area (Å²) < 4.78 is 0. The third-order valence-corrected chi connectivity index (χ3v) is 3.71. The average Bonchev–Trinajstić information content (AvgIpc) is 2.71. The van der Waals surface area contributed by atoms with Gasteiger partial charge in [-0.1, -0.05) is 12.1 Å². The fraction of sp³-hybridized carbons (Fsp3) is 0.500. The van der Waals surface area contributed by atoms with Crippen LogP contribution in [0.2, 0.25) is 0 Å². The van der Waals surface area contributed by atoms with Crippen molar-refractivity contribution in [2.75, 3.05) is 32.7 Å². The second-order valence-corrected chi connectivity index (χ2v) is 5.19. The number of hydrogen-bond acceptors (Lipinski definition) is 4. The third kappa shape index (κ3) is 4.35. The van der Waals surface area contributed by atoms with Crippen LogP contribution in [0.25, 0.3) is 0 Å². The molecule has 0 unspecified atom stereocenters. The van der Waals surface area contributed by atoms with E-state index in [0.29, 0.717) is 12.0 Å². The molecule has 1 heterocycles. The largest absolute Gasteiger partial charge is 0.301 e. The maximum absolute atomic E-state index is 8.80. The molecule has 1 aliphatic rings. The number of nitriles is 2. The molecule has 4 nitrogen and oxygen atoms in total. The fourth-order valence-electron chi connectivity index (χ4n) is 2.56. The van der Waals surface area contributed by atoms with E-state index in [1.807, 2.05) is 24.3 Å². The first-order chi connectivity index (χ1) is 9.81. The van der Waals surface area contributed by atoms with Crippen LogP contribution in [0.3, 0.4) is 0 Å². The molecule has 104 valence electrons. The summed E-state index contributed by atoms with van der Waals surface area (Å²) in [6.07, 6.45) is 1.78. The average molecular weight is 268 g/mol. The third-order valence-electron chi connectivity index (χ3n) is 3.71. The molecule has 1 aromatic carbocycles. The summed E-state index contributed by atoms with van der Waals surface area (Å²) in [6.45, 7) is 6.11. The maximum atomic E-state index is 8.80. The second kappa shape index (κ2) is 7.65. The van der Waals surface area contributed by atoms with Gasteiger partial charge >= 0.3 is 0 Å². The lowest BCUT2D eigenvalue weighted by atomic mass is 10.1. The highest BCUT2D eigenvalue weighted by molar-refractivity contribution is 5.31. The molecule has 1 aliphatic heterocycles. The Kier molecular flexibility index (Phi) is 5.55. The van der Waals surface area contributed by atoms with Gasteiger partial charge in [0.1, 0.15) is 0 Å². The van der Waals surface area contributed by atoms with Crippen molar-refractivity contribution < 1.29 is 0 Å². The van der Waals surface area contributed by atoms with E-state index in [2.05, 4.69) is 21.9 Å².